The summed E-state index contributed by atoms with van der Waals surface area (Å²) in [5.41, 5.74) is 1.45. The van der Waals surface area contributed by atoms with Crippen LogP contribution in [0.5, 0.6) is 5.75 Å². The van der Waals surface area contributed by atoms with Gasteiger partial charge in [0.25, 0.3) is 5.91 Å². The van der Waals surface area contributed by atoms with Gasteiger partial charge in [-0.25, -0.2) is 0 Å². The highest BCUT2D eigenvalue weighted by atomic mass is 35.5. The van der Waals surface area contributed by atoms with E-state index in [2.05, 4.69) is 10.5 Å². The maximum atomic E-state index is 12.1. The molecular weight excluding hydrogens is 280 g/mol. The first-order chi connectivity index (χ1) is 9.70. The van der Waals surface area contributed by atoms with Gasteiger partial charge in [-0.2, -0.15) is 0 Å². The number of nitrogens with zero attached hydrogens (tertiary/aromatic N) is 1. The summed E-state index contributed by atoms with van der Waals surface area (Å²) in [4.78, 5) is 12.1. The van der Waals surface area contributed by atoms with E-state index in [1.165, 1.54) is 7.11 Å². The summed E-state index contributed by atoms with van der Waals surface area (Å²) in [5.74, 6) is 0.306. The molecule has 1 heterocycles. The first-order valence-electron chi connectivity index (χ1n) is 6.20. The zero-order chi connectivity index (χ0) is 14.4. The summed E-state index contributed by atoms with van der Waals surface area (Å²) in [6.45, 7) is 0.555. The molecular formula is C14H15ClN2O3. The zero-order valence-electron chi connectivity index (χ0n) is 11.1. The van der Waals surface area contributed by atoms with E-state index in [4.69, 9.17) is 20.9 Å². The van der Waals surface area contributed by atoms with Gasteiger partial charge >= 0.3 is 0 Å². The molecule has 1 N–H and O–H groups in total. The summed E-state index contributed by atoms with van der Waals surface area (Å²) in [6, 6.07) is 4.95. The van der Waals surface area contributed by atoms with Crippen molar-refractivity contribution in [3.63, 3.8) is 0 Å². The van der Waals surface area contributed by atoms with Crippen LogP contribution in [0.2, 0.25) is 5.02 Å². The number of carbonyl (C=O) groups is 1. The largest absolute Gasteiger partial charge is 0.496 e. The van der Waals surface area contributed by atoms with Crippen molar-refractivity contribution in [2.45, 2.75) is 12.8 Å². The molecule has 0 saturated heterocycles. The molecule has 2 rings (SSSR count). The van der Waals surface area contributed by atoms with Crippen LogP contribution in [-0.4, -0.2) is 24.7 Å². The Labute approximate surface area is 121 Å². The summed E-state index contributed by atoms with van der Waals surface area (Å²) in [5, 5.41) is 6.96. The predicted molar refractivity (Wildman–Crippen MR) is 75.2 cm³/mol. The molecule has 0 atom stereocenters. The van der Waals surface area contributed by atoms with Crippen LogP contribution in [0.25, 0.3) is 0 Å². The number of nitrogens with one attached hydrogen (secondary N) is 1. The van der Waals surface area contributed by atoms with Crippen LogP contribution >= 0.6 is 11.6 Å². The first kappa shape index (κ1) is 14.4. The first-order valence-corrected chi connectivity index (χ1v) is 6.58. The minimum Gasteiger partial charge on any atom is -0.496 e. The summed E-state index contributed by atoms with van der Waals surface area (Å²) in [6.07, 6.45) is 4.87. The second-order valence-electron chi connectivity index (χ2n) is 4.24. The lowest BCUT2D eigenvalue weighted by molar-refractivity contribution is 0.0950. The molecule has 0 aliphatic carbocycles. The summed E-state index contributed by atoms with van der Waals surface area (Å²) in [7, 11) is 1.52. The summed E-state index contributed by atoms with van der Waals surface area (Å²) >= 11 is 5.89. The Balaban J connectivity index is 1.87. The van der Waals surface area contributed by atoms with Gasteiger partial charge in [-0.3, -0.25) is 4.79 Å². The van der Waals surface area contributed by atoms with E-state index < -0.39 is 0 Å². The average molecular weight is 295 g/mol. The molecule has 0 saturated carbocycles. The van der Waals surface area contributed by atoms with E-state index >= 15 is 0 Å². The highest BCUT2D eigenvalue weighted by molar-refractivity contribution is 6.31. The zero-order valence-corrected chi connectivity index (χ0v) is 11.8. The van der Waals surface area contributed by atoms with Crippen molar-refractivity contribution >= 4 is 17.5 Å². The molecule has 0 radical (unpaired) electrons. The molecule has 0 fully saturated rings. The van der Waals surface area contributed by atoms with Crippen molar-refractivity contribution in [3.05, 3.63) is 46.8 Å². The molecule has 6 heteroatoms. The maximum absolute atomic E-state index is 12.1. The van der Waals surface area contributed by atoms with Gasteiger partial charge in [0.05, 0.1) is 18.9 Å². The molecule has 0 bridgehead atoms. The van der Waals surface area contributed by atoms with E-state index in [0.29, 0.717) is 22.9 Å². The Morgan fingerprint density at radius 3 is 3.05 bits per heavy atom. The number of hydrogen-bond donors (Lipinski definition) is 1. The van der Waals surface area contributed by atoms with Crippen LogP contribution in [0, 0.1) is 0 Å². The Hall–Kier alpha value is -2.01. The quantitative estimate of drug-likeness (QED) is 0.832. The Morgan fingerprint density at radius 1 is 1.50 bits per heavy atom. The number of aryl methyl sites for hydroxylation is 1. The number of benzene rings is 1. The smallest absolute Gasteiger partial charge is 0.255 e. The van der Waals surface area contributed by atoms with Gasteiger partial charge < -0.3 is 14.6 Å². The Morgan fingerprint density at radius 2 is 2.35 bits per heavy atom. The highest BCUT2D eigenvalue weighted by Gasteiger charge is 2.12. The van der Waals surface area contributed by atoms with Gasteiger partial charge in [0.1, 0.15) is 12.0 Å². The van der Waals surface area contributed by atoms with Gasteiger partial charge in [0, 0.05) is 17.1 Å². The van der Waals surface area contributed by atoms with Crippen molar-refractivity contribution in [2.75, 3.05) is 13.7 Å². The fourth-order valence-electron chi connectivity index (χ4n) is 1.80. The molecule has 20 heavy (non-hydrogen) atoms. The van der Waals surface area contributed by atoms with Crippen molar-refractivity contribution < 1.29 is 14.1 Å². The van der Waals surface area contributed by atoms with Crippen LogP contribution in [-0.2, 0) is 6.42 Å². The molecule has 5 nitrogen and oxygen atoms in total. The van der Waals surface area contributed by atoms with Gasteiger partial charge in [-0.15, -0.1) is 0 Å². The van der Waals surface area contributed by atoms with Crippen molar-refractivity contribution in [1.29, 1.82) is 0 Å². The number of amides is 1. The van der Waals surface area contributed by atoms with E-state index in [0.717, 1.165) is 18.4 Å². The number of aromatic nitrogens is 1. The van der Waals surface area contributed by atoms with E-state index in [1.807, 2.05) is 0 Å². The fraction of sp³-hybridized carbons (Fsp3) is 0.286. The maximum Gasteiger partial charge on any atom is 0.255 e. The number of ether oxygens (including phenoxy) is 1. The molecule has 1 aromatic heterocycles. The number of rotatable bonds is 6. The third-order valence-corrected chi connectivity index (χ3v) is 3.05. The normalized spacial score (nSPS) is 10.3. The number of halogens is 1. The van der Waals surface area contributed by atoms with Crippen LogP contribution in [0.3, 0.4) is 0 Å². The SMILES string of the molecule is COc1ccc(Cl)cc1C(=O)NCCCc1cnoc1. The molecule has 0 aliphatic heterocycles. The fourth-order valence-corrected chi connectivity index (χ4v) is 1.97. The number of methoxy groups -OCH3 is 1. The standard InChI is InChI=1S/C14H15ClN2O3/c1-19-13-5-4-11(15)7-12(13)14(18)16-6-2-3-10-8-17-20-9-10/h4-5,7-9H,2-3,6H2,1H3,(H,16,18). The van der Waals surface area contributed by atoms with E-state index in [9.17, 15) is 4.79 Å². The van der Waals surface area contributed by atoms with Gasteiger partial charge in [0.15, 0.2) is 0 Å². The third kappa shape index (κ3) is 3.74. The average Bonchev–Trinajstić information content (AvgIpc) is 2.96. The summed E-state index contributed by atoms with van der Waals surface area (Å²) < 4.78 is 9.88. The minimum absolute atomic E-state index is 0.199. The van der Waals surface area contributed by atoms with E-state index in [-0.39, 0.29) is 5.91 Å². The molecule has 106 valence electrons. The lowest BCUT2D eigenvalue weighted by atomic mass is 10.1. The second kappa shape index (κ2) is 6.96. The third-order valence-electron chi connectivity index (χ3n) is 2.82. The number of hydrogen-bond acceptors (Lipinski definition) is 4. The molecule has 1 aromatic carbocycles. The highest BCUT2D eigenvalue weighted by Crippen LogP contribution is 2.22. The van der Waals surface area contributed by atoms with Crippen LogP contribution in [0.4, 0.5) is 0 Å². The second-order valence-corrected chi connectivity index (χ2v) is 4.67. The molecule has 0 unspecified atom stereocenters. The van der Waals surface area contributed by atoms with E-state index in [1.54, 1.807) is 30.7 Å². The Bertz CT molecular complexity index is 570. The van der Waals surface area contributed by atoms with Crippen molar-refractivity contribution in [2.24, 2.45) is 0 Å². The lowest BCUT2D eigenvalue weighted by Gasteiger charge is -2.09. The Kier molecular flexibility index (Phi) is 5.01. The predicted octanol–water partition coefficient (Wildman–Crippen LogP) is 2.70. The molecule has 0 aliphatic rings. The topological polar surface area (TPSA) is 64.4 Å². The van der Waals surface area contributed by atoms with Crippen LogP contribution < -0.4 is 10.1 Å². The molecule has 2 aromatic rings. The molecule has 0 spiro atoms. The lowest BCUT2D eigenvalue weighted by Crippen LogP contribution is -2.25. The van der Waals surface area contributed by atoms with Crippen molar-refractivity contribution in [1.82, 2.24) is 10.5 Å². The van der Waals surface area contributed by atoms with Gasteiger partial charge in [0.2, 0.25) is 0 Å². The van der Waals surface area contributed by atoms with Crippen LogP contribution in [0.1, 0.15) is 22.3 Å². The van der Waals surface area contributed by atoms with Gasteiger partial charge in [-0.1, -0.05) is 16.8 Å². The monoisotopic (exact) mass is 294 g/mol. The van der Waals surface area contributed by atoms with Crippen molar-refractivity contribution in [3.8, 4) is 5.75 Å². The minimum atomic E-state index is -0.199. The van der Waals surface area contributed by atoms with Crippen LogP contribution in [0.15, 0.2) is 35.2 Å². The number of carbonyl (C=O) groups excluding carboxylic acids is 1. The van der Waals surface area contributed by atoms with Gasteiger partial charge in [-0.05, 0) is 31.0 Å². The molecule has 1 amide bonds.